The Hall–Kier alpha value is -1.31. The van der Waals surface area contributed by atoms with Gasteiger partial charge in [0.1, 0.15) is 0 Å². The maximum atomic E-state index is 9.24. The molecule has 0 saturated heterocycles. The van der Waals surface area contributed by atoms with Crippen LogP contribution in [0.1, 0.15) is 11.1 Å². The van der Waals surface area contributed by atoms with Crippen molar-refractivity contribution in [3.05, 3.63) is 29.3 Å². The Labute approximate surface area is 70.3 Å². The lowest BCUT2D eigenvalue weighted by Crippen LogP contribution is -2.27. The fourth-order valence-electron chi connectivity index (χ4n) is 1.30. The number of benzene rings is 1. The molecule has 1 N–H and O–H groups in total. The highest BCUT2D eigenvalue weighted by Gasteiger charge is 2.26. The van der Waals surface area contributed by atoms with Gasteiger partial charge in [-0.05, 0) is 23.2 Å². The number of nitriles is 1. The largest absolute Gasteiger partial charge is 0.491 e. The molecule has 1 aromatic carbocycles. The fourth-order valence-corrected chi connectivity index (χ4v) is 1.30. The highest BCUT2D eigenvalue weighted by molar-refractivity contribution is 6.61. The van der Waals surface area contributed by atoms with Crippen molar-refractivity contribution in [2.24, 2.45) is 0 Å². The number of rotatable bonds is 0. The molecule has 0 spiro atoms. The van der Waals surface area contributed by atoms with Gasteiger partial charge >= 0.3 is 7.12 Å². The van der Waals surface area contributed by atoms with Crippen molar-refractivity contribution in [2.45, 2.75) is 6.61 Å². The van der Waals surface area contributed by atoms with Gasteiger partial charge in [0.15, 0.2) is 0 Å². The van der Waals surface area contributed by atoms with Gasteiger partial charge in [0.25, 0.3) is 0 Å². The summed E-state index contributed by atoms with van der Waals surface area (Å²) >= 11 is 0. The molecule has 1 aliphatic rings. The molecular weight excluding hydrogens is 153 g/mol. The van der Waals surface area contributed by atoms with Gasteiger partial charge in [-0.1, -0.05) is 6.07 Å². The average Bonchev–Trinajstić information content (AvgIpc) is 2.47. The van der Waals surface area contributed by atoms with Crippen molar-refractivity contribution in [1.82, 2.24) is 0 Å². The summed E-state index contributed by atoms with van der Waals surface area (Å²) in [5.41, 5.74) is 2.28. The normalized spacial score (nSPS) is 14.2. The molecule has 0 fully saturated rings. The topological polar surface area (TPSA) is 53.2 Å². The Bertz CT molecular complexity index is 359. The third-order valence-corrected chi connectivity index (χ3v) is 1.93. The molecule has 0 saturated carbocycles. The molecule has 4 heteroatoms. The van der Waals surface area contributed by atoms with Crippen LogP contribution in [-0.4, -0.2) is 12.1 Å². The fraction of sp³-hybridized carbons (Fsp3) is 0.125. The highest BCUT2D eigenvalue weighted by Crippen LogP contribution is 2.10. The second-order valence-corrected chi connectivity index (χ2v) is 2.69. The van der Waals surface area contributed by atoms with Crippen LogP contribution in [0.2, 0.25) is 0 Å². The van der Waals surface area contributed by atoms with E-state index in [1.807, 2.05) is 6.07 Å². The first-order valence-electron chi connectivity index (χ1n) is 3.64. The first-order chi connectivity index (χ1) is 5.81. The molecule has 1 heterocycles. The first kappa shape index (κ1) is 7.35. The minimum Gasteiger partial charge on any atom is -0.423 e. The number of hydrogen-bond donors (Lipinski definition) is 1. The quantitative estimate of drug-likeness (QED) is 0.532. The van der Waals surface area contributed by atoms with Crippen LogP contribution in [0.4, 0.5) is 0 Å². The predicted molar refractivity (Wildman–Crippen MR) is 43.6 cm³/mol. The summed E-state index contributed by atoms with van der Waals surface area (Å²) in [6.07, 6.45) is 0. The lowest BCUT2D eigenvalue weighted by Gasteiger charge is -1.96. The predicted octanol–water partition coefficient (Wildman–Crippen LogP) is -0.224. The number of nitrogens with zero attached hydrogens (tertiary/aromatic N) is 1. The summed E-state index contributed by atoms with van der Waals surface area (Å²) in [5.74, 6) is 0. The van der Waals surface area contributed by atoms with E-state index in [1.165, 1.54) is 0 Å². The van der Waals surface area contributed by atoms with Crippen LogP contribution in [0.15, 0.2) is 18.2 Å². The van der Waals surface area contributed by atoms with Crippen molar-refractivity contribution >= 4 is 12.6 Å². The van der Waals surface area contributed by atoms with Crippen molar-refractivity contribution in [3.63, 3.8) is 0 Å². The minimum atomic E-state index is -0.812. The SMILES string of the molecule is N#Cc1ccc2c(c1)COB2O. The Morgan fingerprint density at radius 2 is 2.42 bits per heavy atom. The smallest absolute Gasteiger partial charge is 0.423 e. The summed E-state index contributed by atoms with van der Waals surface area (Å²) in [7, 11) is -0.812. The van der Waals surface area contributed by atoms with Gasteiger partial charge in [-0.15, -0.1) is 0 Å². The zero-order valence-electron chi connectivity index (χ0n) is 6.32. The van der Waals surface area contributed by atoms with Crippen LogP contribution in [0.25, 0.3) is 0 Å². The zero-order valence-corrected chi connectivity index (χ0v) is 6.32. The van der Waals surface area contributed by atoms with E-state index in [2.05, 4.69) is 0 Å². The van der Waals surface area contributed by atoms with Gasteiger partial charge in [0.2, 0.25) is 0 Å². The maximum absolute atomic E-state index is 9.24. The van der Waals surface area contributed by atoms with E-state index in [0.29, 0.717) is 12.2 Å². The first-order valence-corrected chi connectivity index (χ1v) is 3.64. The summed E-state index contributed by atoms with van der Waals surface area (Å²) in [6, 6.07) is 7.18. The molecular formula is C8H6BNO2. The van der Waals surface area contributed by atoms with Crippen LogP contribution in [0.3, 0.4) is 0 Å². The second kappa shape index (κ2) is 2.63. The van der Waals surface area contributed by atoms with E-state index in [-0.39, 0.29) is 0 Å². The van der Waals surface area contributed by atoms with E-state index in [4.69, 9.17) is 9.92 Å². The van der Waals surface area contributed by atoms with Crippen LogP contribution < -0.4 is 5.46 Å². The summed E-state index contributed by atoms with van der Waals surface area (Å²) in [6.45, 7) is 0.395. The van der Waals surface area contributed by atoms with Crippen molar-refractivity contribution in [3.8, 4) is 6.07 Å². The molecule has 0 atom stereocenters. The van der Waals surface area contributed by atoms with Gasteiger partial charge in [-0.25, -0.2) is 0 Å². The Morgan fingerprint density at radius 3 is 3.17 bits per heavy atom. The number of hydrogen-bond acceptors (Lipinski definition) is 3. The standard InChI is InChI=1S/C8H6BNO2/c10-4-6-1-2-8-7(3-6)5-12-9(8)11/h1-3,11H,5H2. The zero-order chi connectivity index (χ0) is 8.55. The lowest BCUT2D eigenvalue weighted by molar-refractivity contribution is 0.275. The van der Waals surface area contributed by atoms with E-state index in [9.17, 15) is 5.02 Å². The molecule has 0 aliphatic carbocycles. The molecule has 1 aromatic rings. The van der Waals surface area contributed by atoms with Gasteiger partial charge in [-0.3, -0.25) is 0 Å². The Morgan fingerprint density at radius 1 is 1.58 bits per heavy atom. The van der Waals surface area contributed by atoms with Crippen molar-refractivity contribution in [2.75, 3.05) is 0 Å². The molecule has 0 unspecified atom stereocenters. The molecule has 58 valence electrons. The van der Waals surface area contributed by atoms with Crippen molar-refractivity contribution < 1.29 is 9.68 Å². The second-order valence-electron chi connectivity index (χ2n) is 2.69. The molecule has 2 rings (SSSR count). The molecule has 3 nitrogen and oxygen atoms in total. The molecule has 12 heavy (non-hydrogen) atoms. The molecule has 0 bridgehead atoms. The Balaban J connectivity index is 2.50. The van der Waals surface area contributed by atoms with Crippen LogP contribution >= 0.6 is 0 Å². The molecule has 0 aromatic heterocycles. The monoisotopic (exact) mass is 159 g/mol. The van der Waals surface area contributed by atoms with E-state index in [0.717, 1.165) is 11.0 Å². The van der Waals surface area contributed by atoms with Crippen LogP contribution in [-0.2, 0) is 11.3 Å². The average molecular weight is 159 g/mol. The summed E-state index contributed by atoms with van der Waals surface area (Å²) < 4.78 is 4.97. The highest BCUT2D eigenvalue weighted by atomic mass is 16.5. The Kier molecular flexibility index (Phi) is 1.61. The minimum absolute atomic E-state index is 0.395. The van der Waals surface area contributed by atoms with E-state index < -0.39 is 7.12 Å². The van der Waals surface area contributed by atoms with Gasteiger partial charge < -0.3 is 9.68 Å². The van der Waals surface area contributed by atoms with Crippen LogP contribution in [0, 0.1) is 11.3 Å². The molecule has 0 radical (unpaired) electrons. The van der Waals surface area contributed by atoms with Gasteiger partial charge in [0.05, 0.1) is 18.2 Å². The third kappa shape index (κ3) is 1.000. The van der Waals surface area contributed by atoms with E-state index >= 15 is 0 Å². The third-order valence-electron chi connectivity index (χ3n) is 1.93. The molecule has 1 aliphatic heterocycles. The number of fused-ring (bicyclic) bond motifs is 1. The lowest BCUT2D eigenvalue weighted by atomic mass is 9.79. The van der Waals surface area contributed by atoms with Gasteiger partial charge in [-0.2, -0.15) is 5.26 Å². The summed E-state index contributed by atoms with van der Waals surface area (Å²) in [4.78, 5) is 0. The van der Waals surface area contributed by atoms with Gasteiger partial charge in [0, 0.05) is 0 Å². The summed E-state index contributed by atoms with van der Waals surface area (Å²) in [5, 5.41) is 17.8. The molecule has 0 amide bonds. The maximum Gasteiger partial charge on any atom is 0.491 e. The van der Waals surface area contributed by atoms with Crippen molar-refractivity contribution in [1.29, 1.82) is 5.26 Å². The van der Waals surface area contributed by atoms with E-state index in [1.54, 1.807) is 18.2 Å². The van der Waals surface area contributed by atoms with Crippen LogP contribution in [0.5, 0.6) is 0 Å².